The standard InChI is InChI=1S/C6H10OS/c1-2-3-4-5-6(7)8/h3-4H,2,5H2,1H3,(H,7,8). The SMILES string of the molecule is CCC=CCC(=O)S. The van der Waals surface area contributed by atoms with E-state index in [9.17, 15) is 4.79 Å². The van der Waals surface area contributed by atoms with E-state index in [1.807, 2.05) is 19.1 Å². The van der Waals surface area contributed by atoms with Crippen LogP contribution < -0.4 is 0 Å². The van der Waals surface area contributed by atoms with E-state index in [1.54, 1.807) is 0 Å². The van der Waals surface area contributed by atoms with Crippen molar-refractivity contribution in [2.45, 2.75) is 19.8 Å². The van der Waals surface area contributed by atoms with Crippen molar-refractivity contribution in [1.29, 1.82) is 0 Å². The Hall–Kier alpha value is -0.240. The molecule has 0 rings (SSSR count). The highest BCUT2D eigenvalue weighted by Gasteiger charge is 1.83. The molecule has 0 bridgehead atoms. The van der Waals surface area contributed by atoms with Crippen LogP contribution in [0.2, 0.25) is 0 Å². The number of hydrogen-bond acceptors (Lipinski definition) is 1. The molecule has 0 radical (unpaired) electrons. The number of carbonyl (C=O) groups is 1. The van der Waals surface area contributed by atoms with Crippen LogP contribution in [0.15, 0.2) is 12.2 Å². The monoisotopic (exact) mass is 130 g/mol. The van der Waals surface area contributed by atoms with Crippen molar-refractivity contribution in [3.63, 3.8) is 0 Å². The maximum Gasteiger partial charge on any atom is 0.189 e. The lowest BCUT2D eigenvalue weighted by Crippen LogP contribution is -1.78. The van der Waals surface area contributed by atoms with E-state index in [4.69, 9.17) is 0 Å². The summed E-state index contributed by atoms with van der Waals surface area (Å²) in [6.45, 7) is 2.03. The van der Waals surface area contributed by atoms with Gasteiger partial charge in [-0.1, -0.05) is 19.1 Å². The molecule has 0 spiro atoms. The fourth-order valence-electron chi connectivity index (χ4n) is 0.351. The van der Waals surface area contributed by atoms with Crippen molar-refractivity contribution in [3.05, 3.63) is 12.2 Å². The van der Waals surface area contributed by atoms with Crippen LogP contribution in [0.4, 0.5) is 0 Å². The lowest BCUT2D eigenvalue weighted by atomic mass is 10.3. The molecule has 0 aliphatic carbocycles. The molecule has 0 aromatic rings. The second kappa shape index (κ2) is 4.91. The summed E-state index contributed by atoms with van der Waals surface area (Å²) in [6.07, 6.45) is 5.22. The van der Waals surface area contributed by atoms with E-state index in [1.165, 1.54) is 0 Å². The van der Waals surface area contributed by atoms with E-state index >= 15 is 0 Å². The van der Waals surface area contributed by atoms with Gasteiger partial charge in [-0.05, 0) is 6.42 Å². The van der Waals surface area contributed by atoms with Gasteiger partial charge in [-0.3, -0.25) is 4.79 Å². The van der Waals surface area contributed by atoms with Crippen molar-refractivity contribution in [3.8, 4) is 0 Å². The number of carbonyl (C=O) groups excluding carboxylic acids is 1. The second-order valence-corrected chi connectivity index (χ2v) is 1.98. The minimum absolute atomic E-state index is 0.0744. The molecule has 2 heteroatoms. The Bertz CT molecular complexity index is 96.7. The summed E-state index contributed by atoms with van der Waals surface area (Å²) in [5.74, 6) is 0. The molecule has 1 nitrogen and oxygen atoms in total. The Balaban J connectivity index is 3.16. The van der Waals surface area contributed by atoms with Crippen LogP contribution in [-0.4, -0.2) is 5.12 Å². The average molecular weight is 130 g/mol. The zero-order chi connectivity index (χ0) is 6.41. The van der Waals surface area contributed by atoms with Gasteiger partial charge >= 0.3 is 0 Å². The smallest absolute Gasteiger partial charge is 0.189 e. The average Bonchev–Trinajstić information content (AvgIpc) is 1.66. The lowest BCUT2D eigenvalue weighted by Gasteiger charge is -1.79. The second-order valence-electron chi connectivity index (χ2n) is 1.48. The van der Waals surface area contributed by atoms with Gasteiger partial charge in [0, 0.05) is 6.42 Å². The highest BCUT2D eigenvalue weighted by atomic mass is 32.1. The minimum atomic E-state index is -0.0744. The molecule has 0 fully saturated rings. The third-order valence-electron chi connectivity index (χ3n) is 0.695. The molecular formula is C6H10OS. The van der Waals surface area contributed by atoms with Crippen molar-refractivity contribution in [1.82, 2.24) is 0 Å². The fourth-order valence-corrected chi connectivity index (χ4v) is 0.456. The Morgan fingerprint density at radius 2 is 2.25 bits per heavy atom. The fraction of sp³-hybridized carbons (Fsp3) is 0.500. The first-order valence-electron chi connectivity index (χ1n) is 2.64. The van der Waals surface area contributed by atoms with Gasteiger partial charge in [-0.25, -0.2) is 0 Å². The molecule has 0 amide bonds. The van der Waals surface area contributed by atoms with E-state index in [0.717, 1.165) is 6.42 Å². The predicted molar refractivity (Wildman–Crippen MR) is 38.0 cm³/mol. The number of thiol groups is 1. The summed E-state index contributed by atoms with van der Waals surface area (Å²) in [5.41, 5.74) is 0. The summed E-state index contributed by atoms with van der Waals surface area (Å²) in [5, 5.41) is -0.0744. The number of allylic oxidation sites excluding steroid dienone is 2. The molecule has 0 heterocycles. The summed E-state index contributed by atoms with van der Waals surface area (Å²) in [4.78, 5) is 10.1. The van der Waals surface area contributed by atoms with Crippen LogP contribution in [0.25, 0.3) is 0 Å². The van der Waals surface area contributed by atoms with E-state index < -0.39 is 0 Å². The Morgan fingerprint density at radius 1 is 1.62 bits per heavy atom. The van der Waals surface area contributed by atoms with Crippen LogP contribution in [0.1, 0.15) is 19.8 Å². The van der Waals surface area contributed by atoms with Gasteiger partial charge in [0.25, 0.3) is 0 Å². The molecule has 0 saturated carbocycles. The van der Waals surface area contributed by atoms with Crippen molar-refractivity contribution in [2.75, 3.05) is 0 Å². The summed E-state index contributed by atoms with van der Waals surface area (Å²) >= 11 is 3.58. The van der Waals surface area contributed by atoms with E-state index in [2.05, 4.69) is 12.6 Å². The molecule has 0 aromatic carbocycles. The van der Waals surface area contributed by atoms with Crippen molar-refractivity contribution >= 4 is 17.7 Å². The van der Waals surface area contributed by atoms with Crippen molar-refractivity contribution in [2.24, 2.45) is 0 Å². The van der Waals surface area contributed by atoms with Gasteiger partial charge in [0.05, 0.1) is 0 Å². The third-order valence-corrected chi connectivity index (χ3v) is 0.877. The highest BCUT2D eigenvalue weighted by Crippen LogP contribution is 1.90. The Labute approximate surface area is 55.2 Å². The lowest BCUT2D eigenvalue weighted by molar-refractivity contribution is -0.110. The minimum Gasteiger partial charge on any atom is -0.287 e. The molecule has 46 valence electrons. The van der Waals surface area contributed by atoms with Crippen molar-refractivity contribution < 1.29 is 4.79 Å². The Kier molecular flexibility index (Phi) is 4.76. The predicted octanol–water partition coefficient (Wildman–Crippen LogP) is 1.80. The molecule has 0 aromatic heterocycles. The van der Waals surface area contributed by atoms with Crippen LogP contribution in [-0.2, 0) is 4.79 Å². The molecular weight excluding hydrogens is 120 g/mol. The number of hydrogen-bond donors (Lipinski definition) is 1. The van der Waals surface area contributed by atoms with Crippen LogP contribution in [0.3, 0.4) is 0 Å². The molecule has 0 aliphatic heterocycles. The largest absolute Gasteiger partial charge is 0.287 e. The molecule has 0 unspecified atom stereocenters. The third kappa shape index (κ3) is 5.76. The van der Waals surface area contributed by atoms with E-state index in [0.29, 0.717) is 6.42 Å². The highest BCUT2D eigenvalue weighted by molar-refractivity contribution is 7.96. The summed E-state index contributed by atoms with van der Waals surface area (Å²) in [6, 6.07) is 0. The Morgan fingerprint density at radius 3 is 2.62 bits per heavy atom. The first-order valence-corrected chi connectivity index (χ1v) is 3.09. The van der Waals surface area contributed by atoms with Gasteiger partial charge in [-0.15, -0.1) is 12.6 Å². The molecule has 0 aliphatic rings. The first kappa shape index (κ1) is 7.76. The van der Waals surface area contributed by atoms with Gasteiger partial charge < -0.3 is 0 Å². The maximum absolute atomic E-state index is 10.1. The van der Waals surface area contributed by atoms with Crippen LogP contribution in [0.5, 0.6) is 0 Å². The van der Waals surface area contributed by atoms with E-state index in [-0.39, 0.29) is 5.12 Å². The molecule has 0 N–H and O–H groups in total. The molecule has 0 saturated heterocycles. The van der Waals surface area contributed by atoms with Gasteiger partial charge in [0.1, 0.15) is 0 Å². The van der Waals surface area contributed by atoms with Crippen LogP contribution >= 0.6 is 12.6 Å². The summed E-state index contributed by atoms with van der Waals surface area (Å²) in [7, 11) is 0. The van der Waals surface area contributed by atoms with Gasteiger partial charge in [0.15, 0.2) is 5.12 Å². The first-order chi connectivity index (χ1) is 3.77. The van der Waals surface area contributed by atoms with Gasteiger partial charge in [0.2, 0.25) is 0 Å². The maximum atomic E-state index is 10.1. The zero-order valence-electron chi connectivity index (χ0n) is 4.92. The summed E-state index contributed by atoms with van der Waals surface area (Å²) < 4.78 is 0. The van der Waals surface area contributed by atoms with Crippen LogP contribution in [0, 0.1) is 0 Å². The quantitative estimate of drug-likeness (QED) is 0.455. The number of rotatable bonds is 3. The normalized spacial score (nSPS) is 10.2. The van der Waals surface area contributed by atoms with Gasteiger partial charge in [-0.2, -0.15) is 0 Å². The molecule has 8 heavy (non-hydrogen) atoms. The molecule has 0 atom stereocenters. The topological polar surface area (TPSA) is 17.1 Å². The zero-order valence-corrected chi connectivity index (χ0v) is 5.82.